The second-order valence-electron chi connectivity index (χ2n) is 4.88. The zero-order chi connectivity index (χ0) is 13.8. The lowest BCUT2D eigenvalue weighted by molar-refractivity contribution is -0.141. The van der Waals surface area contributed by atoms with Crippen molar-refractivity contribution in [2.45, 2.75) is 13.0 Å². The summed E-state index contributed by atoms with van der Waals surface area (Å²) in [6, 6.07) is 9.67. The van der Waals surface area contributed by atoms with Gasteiger partial charge >= 0.3 is 5.97 Å². The number of carbonyl (C=O) groups is 1. The van der Waals surface area contributed by atoms with E-state index in [1.165, 1.54) is 0 Å². The first-order valence-electron chi connectivity index (χ1n) is 6.32. The summed E-state index contributed by atoms with van der Waals surface area (Å²) in [5.74, 6) is -1.27. The summed E-state index contributed by atoms with van der Waals surface area (Å²) < 4.78 is 0. The predicted molar refractivity (Wildman–Crippen MR) is 72.0 cm³/mol. The summed E-state index contributed by atoms with van der Waals surface area (Å²) in [6.07, 6.45) is 0. The molecule has 0 amide bonds. The van der Waals surface area contributed by atoms with Crippen LogP contribution in [-0.2, 0) is 4.79 Å². The fourth-order valence-corrected chi connectivity index (χ4v) is 2.35. The van der Waals surface area contributed by atoms with Gasteiger partial charge in [-0.1, -0.05) is 12.1 Å². The van der Waals surface area contributed by atoms with Gasteiger partial charge in [0.1, 0.15) is 6.07 Å². The number of nitrogens with zero attached hydrogens (tertiary/aromatic N) is 2. The molecule has 1 saturated heterocycles. The van der Waals surface area contributed by atoms with Crippen LogP contribution in [-0.4, -0.2) is 36.8 Å². The van der Waals surface area contributed by atoms with Crippen molar-refractivity contribution in [3.05, 3.63) is 29.8 Å². The minimum Gasteiger partial charge on any atom is -0.481 e. The highest BCUT2D eigenvalue weighted by molar-refractivity contribution is 5.72. The average molecular weight is 259 g/mol. The third kappa shape index (κ3) is 3.04. The van der Waals surface area contributed by atoms with Gasteiger partial charge < -0.3 is 15.3 Å². The van der Waals surface area contributed by atoms with Crippen molar-refractivity contribution in [3.8, 4) is 6.07 Å². The Morgan fingerprint density at radius 1 is 1.47 bits per heavy atom. The van der Waals surface area contributed by atoms with Crippen molar-refractivity contribution in [1.82, 2.24) is 5.32 Å². The van der Waals surface area contributed by atoms with Gasteiger partial charge in [-0.15, -0.1) is 0 Å². The Bertz CT molecular complexity index is 510. The molecule has 100 valence electrons. The van der Waals surface area contributed by atoms with Crippen LogP contribution >= 0.6 is 0 Å². The molecule has 1 aliphatic rings. The monoisotopic (exact) mass is 259 g/mol. The number of carboxylic acid groups (broad SMARTS) is 1. The molecule has 1 aromatic carbocycles. The smallest absolute Gasteiger partial charge is 0.309 e. The van der Waals surface area contributed by atoms with Gasteiger partial charge in [0, 0.05) is 25.7 Å². The molecule has 1 aliphatic heterocycles. The van der Waals surface area contributed by atoms with Crippen molar-refractivity contribution in [3.63, 3.8) is 0 Å². The Morgan fingerprint density at radius 2 is 2.21 bits per heavy atom. The Balaban J connectivity index is 2.30. The highest BCUT2D eigenvalue weighted by Crippen LogP contribution is 2.22. The Hall–Kier alpha value is -2.06. The summed E-state index contributed by atoms with van der Waals surface area (Å²) >= 11 is 0. The van der Waals surface area contributed by atoms with Crippen LogP contribution in [0.2, 0.25) is 0 Å². The van der Waals surface area contributed by atoms with E-state index in [1.807, 2.05) is 30.0 Å². The average Bonchev–Trinajstić information content (AvgIpc) is 2.60. The van der Waals surface area contributed by atoms with Gasteiger partial charge in [-0.25, -0.2) is 0 Å². The normalized spacial score (nSPS) is 23.5. The molecule has 2 N–H and O–H groups in total. The molecule has 0 bridgehead atoms. The van der Waals surface area contributed by atoms with Gasteiger partial charge in [-0.05, 0) is 19.1 Å². The standard InChI is InChI=1S/C14H17N3O2/c1-10-8-17(9-12(7-16-10)14(18)19)13-5-3-2-4-11(13)6-15/h2-5,10,12,16H,7-9H2,1H3,(H,18,19). The molecule has 1 fully saturated rings. The molecule has 1 aromatic rings. The third-order valence-corrected chi connectivity index (χ3v) is 3.36. The highest BCUT2D eigenvalue weighted by Gasteiger charge is 2.27. The first kappa shape index (κ1) is 13.4. The maximum absolute atomic E-state index is 11.2. The number of nitriles is 1. The van der Waals surface area contributed by atoms with Crippen molar-refractivity contribution in [2.75, 3.05) is 24.5 Å². The molecule has 2 unspecified atom stereocenters. The van der Waals surface area contributed by atoms with Gasteiger partial charge in [-0.2, -0.15) is 5.26 Å². The van der Waals surface area contributed by atoms with E-state index in [0.717, 1.165) is 5.69 Å². The van der Waals surface area contributed by atoms with E-state index in [9.17, 15) is 9.90 Å². The largest absolute Gasteiger partial charge is 0.481 e. The summed E-state index contributed by atoms with van der Waals surface area (Å²) in [5, 5.41) is 21.6. The molecule has 1 heterocycles. The van der Waals surface area contributed by atoms with E-state index in [2.05, 4.69) is 11.4 Å². The number of aliphatic carboxylic acids is 1. The van der Waals surface area contributed by atoms with Crippen LogP contribution in [0.5, 0.6) is 0 Å². The fourth-order valence-electron chi connectivity index (χ4n) is 2.35. The maximum atomic E-state index is 11.2. The lowest BCUT2D eigenvalue weighted by Gasteiger charge is -2.26. The highest BCUT2D eigenvalue weighted by atomic mass is 16.4. The molecule has 5 heteroatoms. The number of benzene rings is 1. The number of anilines is 1. The summed E-state index contributed by atoms with van der Waals surface area (Å²) in [4.78, 5) is 13.2. The van der Waals surface area contributed by atoms with Crippen LogP contribution in [0.4, 0.5) is 5.69 Å². The van der Waals surface area contributed by atoms with E-state index in [1.54, 1.807) is 6.07 Å². The van der Waals surface area contributed by atoms with Crippen LogP contribution in [0.1, 0.15) is 12.5 Å². The molecule has 0 aromatic heterocycles. The van der Waals surface area contributed by atoms with Crippen LogP contribution < -0.4 is 10.2 Å². The molecular formula is C14H17N3O2. The lowest BCUT2D eigenvalue weighted by Crippen LogP contribution is -2.35. The van der Waals surface area contributed by atoms with Gasteiger partial charge in [0.2, 0.25) is 0 Å². The first-order chi connectivity index (χ1) is 9.11. The lowest BCUT2D eigenvalue weighted by atomic mass is 10.1. The van der Waals surface area contributed by atoms with Crippen molar-refractivity contribution in [1.29, 1.82) is 5.26 Å². The molecule has 0 radical (unpaired) electrons. The molecule has 19 heavy (non-hydrogen) atoms. The Labute approximate surface area is 112 Å². The first-order valence-corrected chi connectivity index (χ1v) is 6.32. The number of hydrogen-bond donors (Lipinski definition) is 2. The van der Waals surface area contributed by atoms with E-state index < -0.39 is 11.9 Å². The van der Waals surface area contributed by atoms with Gasteiger partial charge in [0.05, 0.1) is 17.2 Å². The minimum absolute atomic E-state index is 0.191. The second-order valence-corrected chi connectivity index (χ2v) is 4.88. The van der Waals surface area contributed by atoms with Crippen molar-refractivity contribution in [2.24, 2.45) is 5.92 Å². The SMILES string of the molecule is CC1CN(c2ccccc2C#N)CC(C(=O)O)CN1. The second kappa shape index (κ2) is 5.72. The van der Waals surface area contributed by atoms with Crippen molar-refractivity contribution < 1.29 is 9.90 Å². The van der Waals surface area contributed by atoms with E-state index in [-0.39, 0.29) is 6.04 Å². The molecule has 0 aliphatic carbocycles. The zero-order valence-corrected chi connectivity index (χ0v) is 10.8. The van der Waals surface area contributed by atoms with Gasteiger partial charge in [-0.3, -0.25) is 4.79 Å². The zero-order valence-electron chi connectivity index (χ0n) is 10.8. The van der Waals surface area contributed by atoms with Crippen LogP contribution in [0.3, 0.4) is 0 Å². The molecular weight excluding hydrogens is 242 g/mol. The quantitative estimate of drug-likeness (QED) is 0.830. The Kier molecular flexibility index (Phi) is 4.03. The minimum atomic E-state index is -0.805. The number of para-hydroxylation sites is 1. The predicted octanol–water partition coefficient (Wildman–Crippen LogP) is 1.06. The molecule has 2 atom stereocenters. The number of hydrogen-bond acceptors (Lipinski definition) is 4. The molecule has 0 saturated carbocycles. The van der Waals surface area contributed by atoms with Crippen molar-refractivity contribution >= 4 is 11.7 Å². The van der Waals surface area contributed by atoms with Gasteiger partial charge in [0.25, 0.3) is 0 Å². The van der Waals surface area contributed by atoms with E-state index in [0.29, 0.717) is 25.2 Å². The number of nitrogens with one attached hydrogen (secondary N) is 1. The van der Waals surface area contributed by atoms with Crippen LogP contribution in [0.15, 0.2) is 24.3 Å². The number of carboxylic acids is 1. The Morgan fingerprint density at radius 3 is 2.89 bits per heavy atom. The summed E-state index contributed by atoms with van der Waals surface area (Å²) in [7, 11) is 0. The van der Waals surface area contributed by atoms with Gasteiger partial charge in [0.15, 0.2) is 0 Å². The van der Waals surface area contributed by atoms with E-state index >= 15 is 0 Å². The topological polar surface area (TPSA) is 76.4 Å². The maximum Gasteiger partial charge on any atom is 0.309 e. The van der Waals surface area contributed by atoms with E-state index in [4.69, 9.17) is 5.26 Å². The van der Waals surface area contributed by atoms with Crippen LogP contribution in [0, 0.1) is 17.2 Å². The fraction of sp³-hybridized carbons (Fsp3) is 0.429. The molecule has 5 nitrogen and oxygen atoms in total. The number of rotatable bonds is 2. The molecule has 2 rings (SSSR count). The third-order valence-electron chi connectivity index (χ3n) is 3.36. The summed E-state index contributed by atoms with van der Waals surface area (Å²) in [5.41, 5.74) is 1.40. The summed E-state index contributed by atoms with van der Waals surface area (Å²) in [6.45, 7) is 3.60. The molecule has 0 spiro atoms. The van der Waals surface area contributed by atoms with Crippen LogP contribution in [0.25, 0.3) is 0 Å².